The van der Waals surface area contributed by atoms with Crippen molar-refractivity contribution in [3.05, 3.63) is 41.0 Å². The first-order valence-corrected chi connectivity index (χ1v) is 7.92. The maximum absolute atomic E-state index is 12.2. The molecule has 25 heavy (non-hydrogen) atoms. The van der Waals surface area contributed by atoms with Crippen molar-refractivity contribution in [2.45, 2.75) is 20.4 Å². The normalized spacial score (nSPS) is 10.3. The van der Waals surface area contributed by atoms with Crippen molar-refractivity contribution in [2.24, 2.45) is 0 Å². The van der Waals surface area contributed by atoms with Crippen LogP contribution < -0.4 is 16.0 Å². The fourth-order valence-electron chi connectivity index (χ4n) is 2.51. The zero-order valence-electron chi connectivity index (χ0n) is 14.5. The molecule has 0 saturated carbocycles. The summed E-state index contributed by atoms with van der Waals surface area (Å²) in [5, 5.41) is 16.3. The van der Waals surface area contributed by atoms with Gasteiger partial charge in [0, 0.05) is 12.7 Å². The molecule has 2 aromatic heterocycles. The highest BCUT2D eigenvalue weighted by molar-refractivity contribution is 5.92. The second kappa shape index (κ2) is 8.17. The number of nitrogens with two attached hydrogens (primary N) is 1. The molecule has 0 bridgehead atoms. The van der Waals surface area contributed by atoms with E-state index in [-0.39, 0.29) is 24.9 Å². The summed E-state index contributed by atoms with van der Waals surface area (Å²) in [6, 6.07) is 5.78. The number of anilines is 1. The molecular weight excluding hydrogens is 322 g/mol. The molecule has 0 radical (unpaired) electrons. The lowest BCUT2D eigenvalue weighted by molar-refractivity contribution is -0.632. The van der Waals surface area contributed by atoms with Gasteiger partial charge in [-0.05, 0) is 31.5 Å². The molecule has 132 valence electrons. The first-order valence-electron chi connectivity index (χ1n) is 7.92. The van der Waals surface area contributed by atoms with Gasteiger partial charge in [0.15, 0.2) is 13.1 Å². The van der Waals surface area contributed by atoms with Crippen LogP contribution in [0.5, 0.6) is 0 Å². The van der Waals surface area contributed by atoms with E-state index < -0.39 is 0 Å². The number of amides is 2. The second-order valence-corrected chi connectivity index (χ2v) is 5.63. The molecule has 0 atom stereocenters. The Morgan fingerprint density at radius 3 is 2.64 bits per heavy atom. The van der Waals surface area contributed by atoms with Gasteiger partial charge in [-0.2, -0.15) is 5.26 Å². The predicted molar refractivity (Wildman–Crippen MR) is 90.8 cm³/mol. The SMILES string of the molecule is CNC(=O)C[NH2+]CC(=O)Nc1c(C#N)c(C)c(C)n1Cc1ccco1. The Kier molecular flexibility index (Phi) is 5.98. The molecule has 8 heteroatoms. The van der Waals surface area contributed by atoms with Gasteiger partial charge in [-0.25, -0.2) is 0 Å². The summed E-state index contributed by atoms with van der Waals surface area (Å²) in [6.07, 6.45) is 1.58. The van der Waals surface area contributed by atoms with Crippen molar-refractivity contribution in [1.82, 2.24) is 9.88 Å². The molecule has 0 aliphatic heterocycles. The van der Waals surface area contributed by atoms with Crippen LogP contribution in [-0.2, 0) is 16.1 Å². The number of hydrogen-bond donors (Lipinski definition) is 3. The number of aromatic nitrogens is 1. The fraction of sp³-hybridized carbons (Fsp3) is 0.353. The number of hydrogen-bond acceptors (Lipinski definition) is 4. The molecule has 0 saturated heterocycles. The minimum Gasteiger partial charge on any atom is -0.467 e. The molecule has 2 rings (SSSR count). The highest BCUT2D eigenvalue weighted by Crippen LogP contribution is 2.27. The van der Waals surface area contributed by atoms with Gasteiger partial charge in [-0.3, -0.25) is 9.59 Å². The van der Waals surface area contributed by atoms with E-state index in [2.05, 4.69) is 16.7 Å². The van der Waals surface area contributed by atoms with Crippen LogP contribution in [-0.4, -0.2) is 36.5 Å². The number of nitrogens with one attached hydrogen (secondary N) is 2. The van der Waals surface area contributed by atoms with E-state index in [9.17, 15) is 14.9 Å². The summed E-state index contributed by atoms with van der Waals surface area (Å²) < 4.78 is 7.22. The molecule has 0 spiro atoms. The smallest absolute Gasteiger partial charge is 0.280 e. The minimum atomic E-state index is -0.279. The van der Waals surface area contributed by atoms with Gasteiger partial charge in [0.1, 0.15) is 17.6 Å². The topological polar surface area (TPSA) is 117 Å². The van der Waals surface area contributed by atoms with Crippen LogP contribution in [0.25, 0.3) is 0 Å². The molecule has 2 heterocycles. The van der Waals surface area contributed by atoms with Crippen LogP contribution in [0.4, 0.5) is 5.82 Å². The lowest BCUT2D eigenvalue weighted by atomic mass is 10.2. The number of nitrogens with zero attached hydrogens (tertiary/aromatic N) is 2. The first kappa shape index (κ1) is 18.3. The van der Waals surface area contributed by atoms with Gasteiger partial charge in [0.2, 0.25) is 0 Å². The second-order valence-electron chi connectivity index (χ2n) is 5.63. The van der Waals surface area contributed by atoms with E-state index in [0.29, 0.717) is 17.9 Å². The molecular formula is C17H22N5O3+. The van der Waals surface area contributed by atoms with Crippen LogP contribution in [0.15, 0.2) is 22.8 Å². The minimum absolute atomic E-state index is 0.0856. The Morgan fingerprint density at radius 1 is 1.32 bits per heavy atom. The highest BCUT2D eigenvalue weighted by Gasteiger charge is 2.20. The monoisotopic (exact) mass is 344 g/mol. The summed E-state index contributed by atoms with van der Waals surface area (Å²) in [5.74, 6) is 0.744. The maximum atomic E-state index is 12.2. The quantitative estimate of drug-likeness (QED) is 0.648. The third-order valence-corrected chi connectivity index (χ3v) is 4.03. The molecule has 4 N–H and O–H groups in total. The van der Waals surface area contributed by atoms with Crippen molar-refractivity contribution in [1.29, 1.82) is 5.26 Å². The molecule has 0 aliphatic rings. The Labute approximate surface area is 145 Å². The Bertz CT molecular complexity index is 799. The zero-order chi connectivity index (χ0) is 18.4. The van der Waals surface area contributed by atoms with E-state index in [4.69, 9.17) is 4.42 Å². The van der Waals surface area contributed by atoms with Crippen LogP contribution in [0.2, 0.25) is 0 Å². The maximum Gasteiger partial charge on any atom is 0.280 e. The largest absolute Gasteiger partial charge is 0.467 e. The number of carbonyl (C=O) groups is 2. The molecule has 2 aromatic rings. The summed E-state index contributed by atoms with van der Waals surface area (Å²) >= 11 is 0. The Hall–Kier alpha value is -3.05. The van der Waals surface area contributed by atoms with Crippen molar-refractivity contribution < 1.29 is 19.3 Å². The van der Waals surface area contributed by atoms with Crippen LogP contribution in [0, 0.1) is 25.2 Å². The lowest BCUT2D eigenvalue weighted by Crippen LogP contribution is -2.88. The summed E-state index contributed by atoms with van der Waals surface area (Å²) in [6.45, 7) is 4.41. The van der Waals surface area contributed by atoms with Gasteiger partial charge >= 0.3 is 0 Å². The van der Waals surface area contributed by atoms with E-state index in [1.807, 2.05) is 24.5 Å². The first-order chi connectivity index (χ1) is 12.0. The van der Waals surface area contributed by atoms with Crippen molar-refractivity contribution >= 4 is 17.6 Å². The average Bonchev–Trinajstić information content (AvgIpc) is 3.18. The number of nitriles is 1. The van der Waals surface area contributed by atoms with Crippen LogP contribution in [0.3, 0.4) is 0 Å². The van der Waals surface area contributed by atoms with E-state index in [1.54, 1.807) is 24.7 Å². The third-order valence-electron chi connectivity index (χ3n) is 4.03. The standard InChI is InChI=1S/C17H21N5O3/c1-11-12(2)22(10-13-5-4-6-25-13)17(14(11)7-18)21-16(24)9-20-8-15(23)19-3/h4-6,20H,8-10H2,1-3H3,(H,19,23)(H,21,24)/p+1. The number of carbonyl (C=O) groups excluding carboxylic acids is 2. The van der Waals surface area contributed by atoms with E-state index >= 15 is 0 Å². The molecule has 8 nitrogen and oxygen atoms in total. The summed E-state index contributed by atoms with van der Waals surface area (Å²) in [4.78, 5) is 23.4. The van der Waals surface area contributed by atoms with Gasteiger partial charge in [-0.1, -0.05) is 0 Å². The lowest BCUT2D eigenvalue weighted by Gasteiger charge is -2.11. The van der Waals surface area contributed by atoms with Crippen LogP contribution >= 0.6 is 0 Å². The molecule has 0 unspecified atom stereocenters. The van der Waals surface area contributed by atoms with Gasteiger partial charge in [-0.15, -0.1) is 0 Å². The number of rotatable bonds is 7. The summed E-state index contributed by atoms with van der Waals surface area (Å²) in [5.41, 5.74) is 2.14. The highest BCUT2D eigenvalue weighted by atomic mass is 16.3. The number of quaternary nitrogens is 1. The van der Waals surface area contributed by atoms with Crippen LogP contribution in [0.1, 0.15) is 22.6 Å². The van der Waals surface area contributed by atoms with Gasteiger partial charge < -0.3 is 24.9 Å². The van der Waals surface area contributed by atoms with Gasteiger partial charge in [0.25, 0.3) is 11.8 Å². The Balaban J connectivity index is 2.18. The van der Waals surface area contributed by atoms with Crippen molar-refractivity contribution in [2.75, 3.05) is 25.5 Å². The molecule has 0 aliphatic carbocycles. The van der Waals surface area contributed by atoms with E-state index in [1.165, 1.54) is 0 Å². The molecule has 2 amide bonds. The fourth-order valence-corrected chi connectivity index (χ4v) is 2.51. The zero-order valence-corrected chi connectivity index (χ0v) is 14.5. The van der Waals surface area contributed by atoms with E-state index in [0.717, 1.165) is 17.0 Å². The molecule has 0 fully saturated rings. The Morgan fingerprint density at radius 2 is 2.04 bits per heavy atom. The summed E-state index contributed by atoms with van der Waals surface area (Å²) in [7, 11) is 1.54. The number of furan rings is 1. The third kappa shape index (κ3) is 4.28. The van der Waals surface area contributed by atoms with Crippen molar-refractivity contribution in [3.63, 3.8) is 0 Å². The van der Waals surface area contributed by atoms with Gasteiger partial charge in [0.05, 0.1) is 18.4 Å². The predicted octanol–water partition coefficient (Wildman–Crippen LogP) is -0.134. The van der Waals surface area contributed by atoms with Crippen molar-refractivity contribution in [3.8, 4) is 6.07 Å². The molecule has 0 aromatic carbocycles. The average molecular weight is 344 g/mol. The number of likely N-dealkylation sites (N-methyl/N-ethyl adjacent to an activating group) is 1.